The fourth-order valence-corrected chi connectivity index (χ4v) is 3.73. The molecule has 7 nitrogen and oxygen atoms in total. The molecule has 1 aliphatic carbocycles. The number of benzene rings is 1. The van der Waals surface area contributed by atoms with Gasteiger partial charge in [0.1, 0.15) is 11.3 Å². The van der Waals surface area contributed by atoms with E-state index in [1.54, 1.807) is 12.4 Å². The van der Waals surface area contributed by atoms with E-state index in [0.29, 0.717) is 18.6 Å². The van der Waals surface area contributed by atoms with E-state index in [0.717, 1.165) is 39.7 Å². The number of ether oxygens (including phenoxy) is 1. The lowest BCUT2D eigenvalue weighted by molar-refractivity contribution is -0.163. The van der Waals surface area contributed by atoms with Gasteiger partial charge in [0.05, 0.1) is 5.69 Å². The Balaban J connectivity index is 1.61. The van der Waals surface area contributed by atoms with Gasteiger partial charge in [-0.1, -0.05) is 0 Å². The molecular formula is C20H18N4O3. The number of rotatable bonds is 4. The van der Waals surface area contributed by atoms with Crippen LogP contribution in [0.4, 0.5) is 0 Å². The van der Waals surface area contributed by atoms with Crippen molar-refractivity contribution < 1.29 is 14.6 Å². The Labute approximate surface area is 154 Å². The van der Waals surface area contributed by atoms with E-state index in [2.05, 4.69) is 15.0 Å². The molecule has 0 amide bonds. The van der Waals surface area contributed by atoms with Crippen molar-refractivity contribution in [2.75, 3.05) is 0 Å². The summed E-state index contributed by atoms with van der Waals surface area (Å²) in [6.07, 6.45) is 7.32. The topological polar surface area (TPSA) is 93.0 Å². The first-order valence-electron chi connectivity index (χ1n) is 8.87. The second-order valence-electron chi connectivity index (χ2n) is 7.06. The summed E-state index contributed by atoms with van der Waals surface area (Å²) in [5, 5.41) is 10.5. The van der Waals surface area contributed by atoms with Crippen molar-refractivity contribution >= 4 is 28.0 Å². The van der Waals surface area contributed by atoms with Gasteiger partial charge in [-0.05, 0) is 43.5 Å². The number of carboxylic acid groups (broad SMARTS) is 1. The third kappa shape index (κ3) is 2.38. The van der Waals surface area contributed by atoms with Gasteiger partial charge >= 0.3 is 5.97 Å². The SMILES string of the molecule is Cn1cc(-c2cc3nccnc3[nH]2)c2cc(OC3(C(=O)O)CCC3)ccc21. The highest BCUT2D eigenvalue weighted by Gasteiger charge is 2.47. The molecule has 0 spiro atoms. The third-order valence-corrected chi connectivity index (χ3v) is 5.38. The van der Waals surface area contributed by atoms with Crippen molar-refractivity contribution in [3.63, 3.8) is 0 Å². The molecular weight excluding hydrogens is 344 g/mol. The second kappa shape index (κ2) is 5.57. The maximum Gasteiger partial charge on any atom is 0.348 e. The summed E-state index contributed by atoms with van der Waals surface area (Å²) in [7, 11) is 1.98. The van der Waals surface area contributed by atoms with E-state index in [9.17, 15) is 9.90 Å². The van der Waals surface area contributed by atoms with Gasteiger partial charge in [-0.2, -0.15) is 0 Å². The Morgan fingerprint density at radius 2 is 2.07 bits per heavy atom. The van der Waals surface area contributed by atoms with Crippen molar-refractivity contribution in [1.29, 1.82) is 0 Å². The molecule has 3 aromatic heterocycles. The number of H-pyrrole nitrogens is 1. The van der Waals surface area contributed by atoms with Crippen LogP contribution in [0.15, 0.2) is 42.9 Å². The number of nitrogens with one attached hydrogen (secondary N) is 1. The van der Waals surface area contributed by atoms with E-state index >= 15 is 0 Å². The van der Waals surface area contributed by atoms with E-state index in [1.807, 2.05) is 42.1 Å². The van der Waals surface area contributed by atoms with Gasteiger partial charge in [0.15, 0.2) is 5.65 Å². The third-order valence-electron chi connectivity index (χ3n) is 5.38. The Hall–Kier alpha value is -3.35. The van der Waals surface area contributed by atoms with E-state index in [-0.39, 0.29) is 0 Å². The monoisotopic (exact) mass is 362 g/mol. The van der Waals surface area contributed by atoms with Crippen LogP contribution >= 0.6 is 0 Å². The molecule has 4 aromatic rings. The van der Waals surface area contributed by atoms with Crippen LogP contribution < -0.4 is 4.74 Å². The minimum Gasteiger partial charge on any atom is -0.478 e. The number of nitrogens with zero attached hydrogens (tertiary/aromatic N) is 3. The lowest BCUT2D eigenvalue weighted by Gasteiger charge is -2.37. The number of aromatic amines is 1. The van der Waals surface area contributed by atoms with Gasteiger partial charge in [-0.15, -0.1) is 0 Å². The van der Waals surface area contributed by atoms with Gasteiger partial charge in [0, 0.05) is 42.1 Å². The van der Waals surface area contributed by atoms with Crippen LogP contribution in [0.3, 0.4) is 0 Å². The van der Waals surface area contributed by atoms with Gasteiger partial charge in [0.2, 0.25) is 5.60 Å². The molecule has 0 unspecified atom stereocenters. The molecule has 1 aliphatic rings. The number of aromatic nitrogens is 4. The maximum atomic E-state index is 11.6. The van der Waals surface area contributed by atoms with Gasteiger partial charge in [-0.25, -0.2) is 9.78 Å². The largest absolute Gasteiger partial charge is 0.478 e. The fourth-order valence-electron chi connectivity index (χ4n) is 3.73. The molecule has 3 heterocycles. The molecule has 1 fully saturated rings. The van der Waals surface area contributed by atoms with Crippen molar-refractivity contribution in [2.24, 2.45) is 7.05 Å². The first kappa shape index (κ1) is 15.9. The standard InChI is InChI=1S/C20H18N4O3/c1-24-11-14(15-10-16-18(23-15)22-8-7-21-16)13-9-12(3-4-17(13)24)27-20(19(25)26)5-2-6-20/h3-4,7-11H,2,5-6H2,1H3,(H,22,23)(H,25,26). The van der Waals surface area contributed by atoms with E-state index in [1.165, 1.54) is 0 Å². The molecule has 0 bridgehead atoms. The molecule has 0 radical (unpaired) electrons. The smallest absolute Gasteiger partial charge is 0.348 e. The van der Waals surface area contributed by atoms with Crippen LogP contribution in [0.25, 0.3) is 33.3 Å². The molecule has 0 aliphatic heterocycles. The quantitative estimate of drug-likeness (QED) is 0.579. The average molecular weight is 362 g/mol. The van der Waals surface area contributed by atoms with Crippen LogP contribution in [0, 0.1) is 0 Å². The fraction of sp³-hybridized carbons (Fsp3) is 0.250. The summed E-state index contributed by atoms with van der Waals surface area (Å²) in [5.74, 6) is -0.320. The second-order valence-corrected chi connectivity index (χ2v) is 7.06. The van der Waals surface area contributed by atoms with Crippen LogP contribution in [0.2, 0.25) is 0 Å². The van der Waals surface area contributed by atoms with Crippen molar-refractivity contribution in [3.05, 3.63) is 42.9 Å². The lowest BCUT2D eigenvalue weighted by Crippen LogP contribution is -2.50. The van der Waals surface area contributed by atoms with Gasteiger partial charge in [0.25, 0.3) is 0 Å². The Morgan fingerprint density at radius 1 is 1.26 bits per heavy atom. The van der Waals surface area contributed by atoms with Crippen molar-refractivity contribution in [2.45, 2.75) is 24.9 Å². The Morgan fingerprint density at radius 3 is 2.78 bits per heavy atom. The summed E-state index contributed by atoms with van der Waals surface area (Å²) in [6, 6.07) is 7.68. The zero-order valence-electron chi connectivity index (χ0n) is 14.8. The summed E-state index contributed by atoms with van der Waals surface area (Å²) in [5.41, 5.74) is 3.39. The number of aryl methyl sites for hydroxylation is 1. The molecule has 0 saturated heterocycles. The maximum absolute atomic E-state index is 11.6. The minimum absolute atomic E-state index is 0.543. The summed E-state index contributed by atoms with van der Waals surface area (Å²) >= 11 is 0. The molecule has 27 heavy (non-hydrogen) atoms. The summed E-state index contributed by atoms with van der Waals surface area (Å²) in [4.78, 5) is 23.6. The first-order valence-corrected chi connectivity index (χ1v) is 8.87. The highest BCUT2D eigenvalue weighted by atomic mass is 16.5. The van der Waals surface area contributed by atoms with Gasteiger partial charge < -0.3 is 19.4 Å². The average Bonchev–Trinajstić information content (AvgIpc) is 3.19. The molecule has 1 saturated carbocycles. The highest BCUT2D eigenvalue weighted by Crippen LogP contribution is 2.39. The zero-order chi connectivity index (χ0) is 18.6. The summed E-state index contributed by atoms with van der Waals surface area (Å²) < 4.78 is 7.96. The minimum atomic E-state index is -1.09. The number of fused-ring (bicyclic) bond motifs is 2. The van der Waals surface area contributed by atoms with Crippen molar-refractivity contribution in [3.8, 4) is 17.0 Å². The molecule has 1 aromatic carbocycles. The van der Waals surface area contributed by atoms with Crippen LogP contribution in [-0.2, 0) is 11.8 Å². The predicted octanol–water partition coefficient (Wildman–Crippen LogP) is 3.50. The number of hydrogen-bond donors (Lipinski definition) is 2. The first-order chi connectivity index (χ1) is 13.1. The molecule has 0 atom stereocenters. The van der Waals surface area contributed by atoms with Crippen LogP contribution in [0.1, 0.15) is 19.3 Å². The highest BCUT2D eigenvalue weighted by molar-refractivity contribution is 5.98. The normalized spacial score (nSPS) is 15.7. The number of carbonyl (C=O) groups is 1. The van der Waals surface area contributed by atoms with Crippen molar-refractivity contribution in [1.82, 2.24) is 19.5 Å². The molecule has 5 rings (SSSR count). The Bertz CT molecular complexity index is 1150. The van der Waals surface area contributed by atoms with Gasteiger partial charge in [-0.3, -0.25) is 4.98 Å². The number of aliphatic carboxylic acids is 1. The number of hydrogen-bond acceptors (Lipinski definition) is 4. The summed E-state index contributed by atoms with van der Waals surface area (Å²) in [6.45, 7) is 0. The van der Waals surface area contributed by atoms with E-state index < -0.39 is 11.6 Å². The molecule has 2 N–H and O–H groups in total. The molecule has 7 heteroatoms. The molecule has 136 valence electrons. The predicted molar refractivity (Wildman–Crippen MR) is 101 cm³/mol. The lowest BCUT2D eigenvalue weighted by atomic mass is 9.80. The Kier molecular flexibility index (Phi) is 3.28. The van der Waals surface area contributed by atoms with Crippen LogP contribution in [-0.4, -0.2) is 36.2 Å². The van der Waals surface area contributed by atoms with E-state index in [4.69, 9.17) is 4.74 Å². The zero-order valence-corrected chi connectivity index (χ0v) is 14.8. The number of carboxylic acids is 1. The van der Waals surface area contributed by atoms with Crippen LogP contribution in [0.5, 0.6) is 5.75 Å².